The van der Waals surface area contributed by atoms with Crippen LogP contribution in [0.1, 0.15) is 18.9 Å². The molecule has 1 heterocycles. The molecule has 1 aromatic rings. The summed E-state index contributed by atoms with van der Waals surface area (Å²) in [5.41, 5.74) is 7.87. The van der Waals surface area contributed by atoms with Gasteiger partial charge >= 0.3 is 0 Å². The monoisotopic (exact) mass is 217 g/mol. The lowest BCUT2D eigenvalue weighted by Gasteiger charge is -2.25. The molecule has 0 aliphatic carbocycles. The summed E-state index contributed by atoms with van der Waals surface area (Å²) >= 11 is 0. The second-order valence-corrected chi connectivity index (χ2v) is 4.40. The van der Waals surface area contributed by atoms with E-state index >= 15 is 0 Å². The molecule has 84 valence electrons. The van der Waals surface area contributed by atoms with Crippen LogP contribution in [0.3, 0.4) is 0 Å². The quantitative estimate of drug-likeness (QED) is 0.740. The predicted molar refractivity (Wildman–Crippen MR) is 63.0 cm³/mol. The average molecular weight is 217 g/mol. The van der Waals surface area contributed by atoms with Gasteiger partial charge in [-0.15, -0.1) is 0 Å². The number of nitrogen functional groups attached to an aromatic ring is 1. The van der Waals surface area contributed by atoms with Gasteiger partial charge in [0, 0.05) is 6.61 Å². The number of nitrogens with one attached hydrogen (secondary N) is 1. The first-order valence-corrected chi connectivity index (χ1v) is 5.28. The smallest absolute Gasteiger partial charge is 0.0992 e. The van der Waals surface area contributed by atoms with E-state index in [4.69, 9.17) is 15.7 Å². The van der Waals surface area contributed by atoms with Gasteiger partial charge in [-0.05, 0) is 31.5 Å². The molecule has 0 radical (unpaired) electrons. The third-order valence-electron chi connectivity index (χ3n) is 2.84. The van der Waals surface area contributed by atoms with Crippen LogP contribution in [0.4, 0.5) is 11.4 Å². The van der Waals surface area contributed by atoms with Crippen LogP contribution in [-0.2, 0) is 4.74 Å². The molecule has 0 amide bonds. The van der Waals surface area contributed by atoms with Crippen molar-refractivity contribution in [3.05, 3.63) is 23.8 Å². The summed E-state index contributed by atoms with van der Waals surface area (Å²) in [4.78, 5) is 0. The van der Waals surface area contributed by atoms with Crippen LogP contribution in [-0.4, -0.2) is 18.8 Å². The number of rotatable bonds is 2. The molecule has 1 fully saturated rings. The van der Waals surface area contributed by atoms with Gasteiger partial charge in [-0.25, -0.2) is 0 Å². The maximum Gasteiger partial charge on any atom is 0.0992 e. The van der Waals surface area contributed by atoms with E-state index in [-0.39, 0.29) is 5.54 Å². The van der Waals surface area contributed by atoms with E-state index in [1.54, 1.807) is 18.2 Å². The van der Waals surface area contributed by atoms with Crippen LogP contribution in [0.2, 0.25) is 0 Å². The number of hydrogen-bond acceptors (Lipinski definition) is 4. The zero-order valence-electron chi connectivity index (χ0n) is 9.29. The van der Waals surface area contributed by atoms with Crippen LogP contribution >= 0.6 is 0 Å². The molecular formula is C12H15N3O. The molecule has 4 heteroatoms. The number of benzene rings is 1. The summed E-state index contributed by atoms with van der Waals surface area (Å²) in [6, 6.07) is 7.35. The number of hydrogen-bond donors (Lipinski definition) is 2. The summed E-state index contributed by atoms with van der Waals surface area (Å²) in [6.07, 6.45) is 0.948. The van der Waals surface area contributed by atoms with Gasteiger partial charge in [0.25, 0.3) is 0 Å². The fourth-order valence-electron chi connectivity index (χ4n) is 1.82. The first-order valence-electron chi connectivity index (χ1n) is 5.28. The van der Waals surface area contributed by atoms with Crippen LogP contribution < -0.4 is 11.1 Å². The van der Waals surface area contributed by atoms with Crippen LogP contribution in [0, 0.1) is 11.3 Å². The predicted octanol–water partition coefficient (Wildman–Crippen LogP) is 1.73. The van der Waals surface area contributed by atoms with Gasteiger partial charge in [0.2, 0.25) is 0 Å². The molecular weight excluding hydrogens is 202 g/mol. The van der Waals surface area contributed by atoms with E-state index in [0.717, 1.165) is 18.7 Å². The highest BCUT2D eigenvalue weighted by molar-refractivity contribution is 5.69. The molecule has 1 aromatic carbocycles. The number of anilines is 2. The Morgan fingerprint density at radius 3 is 3.00 bits per heavy atom. The highest BCUT2D eigenvalue weighted by Crippen LogP contribution is 2.28. The molecule has 2 rings (SSSR count). The van der Waals surface area contributed by atoms with E-state index in [0.29, 0.717) is 17.9 Å². The van der Waals surface area contributed by atoms with Crippen molar-refractivity contribution in [2.45, 2.75) is 18.9 Å². The third kappa shape index (κ3) is 2.10. The van der Waals surface area contributed by atoms with Gasteiger partial charge in [0.1, 0.15) is 0 Å². The maximum atomic E-state index is 8.83. The van der Waals surface area contributed by atoms with Gasteiger partial charge < -0.3 is 15.8 Å². The van der Waals surface area contributed by atoms with Crippen molar-refractivity contribution in [1.82, 2.24) is 0 Å². The Balaban J connectivity index is 2.23. The summed E-state index contributed by atoms with van der Waals surface area (Å²) < 4.78 is 5.36. The summed E-state index contributed by atoms with van der Waals surface area (Å²) in [5.74, 6) is 0. The van der Waals surface area contributed by atoms with E-state index < -0.39 is 0 Å². The SMILES string of the molecule is CC1(Nc2cc(C#N)ccc2N)CCOC1. The Bertz CT molecular complexity index is 430. The fourth-order valence-corrected chi connectivity index (χ4v) is 1.82. The molecule has 1 atom stereocenters. The normalized spacial score (nSPS) is 24.0. The Morgan fingerprint density at radius 2 is 2.38 bits per heavy atom. The molecule has 1 aliphatic rings. The maximum absolute atomic E-state index is 8.83. The summed E-state index contributed by atoms with van der Waals surface area (Å²) in [6.45, 7) is 3.53. The van der Waals surface area contributed by atoms with Crippen LogP contribution in [0.5, 0.6) is 0 Å². The van der Waals surface area contributed by atoms with Crippen LogP contribution in [0.25, 0.3) is 0 Å². The van der Waals surface area contributed by atoms with Crippen molar-refractivity contribution in [1.29, 1.82) is 5.26 Å². The van der Waals surface area contributed by atoms with Gasteiger partial charge in [0.05, 0.1) is 35.2 Å². The number of nitrogens with two attached hydrogens (primary N) is 1. The number of nitrogens with zero attached hydrogens (tertiary/aromatic N) is 1. The molecule has 0 bridgehead atoms. The zero-order chi connectivity index (χ0) is 11.6. The van der Waals surface area contributed by atoms with Gasteiger partial charge in [-0.3, -0.25) is 0 Å². The molecule has 0 aromatic heterocycles. The largest absolute Gasteiger partial charge is 0.397 e. The molecule has 0 saturated carbocycles. The highest BCUT2D eigenvalue weighted by atomic mass is 16.5. The second kappa shape index (κ2) is 4.03. The standard InChI is InChI=1S/C12H15N3O/c1-12(4-5-16-8-12)15-11-6-9(7-13)2-3-10(11)14/h2-3,6,15H,4-5,8,14H2,1H3. The van der Waals surface area contributed by atoms with E-state index in [1.807, 2.05) is 0 Å². The van der Waals surface area contributed by atoms with Crippen molar-refractivity contribution in [2.75, 3.05) is 24.3 Å². The topological polar surface area (TPSA) is 71.1 Å². The first kappa shape index (κ1) is 10.8. The Morgan fingerprint density at radius 1 is 1.56 bits per heavy atom. The number of nitriles is 1. The lowest BCUT2D eigenvalue weighted by Crippen LogP contribution is -2.35. The average Bonchev–Trinajstić information content (AvgIpc) is 2.68. The van der Waals surface area contributed by atoms with Gasteiger partial charge in [-0.1, -0.05) is 0 Å². The minimum Gasteiger partial charge on any atom is -0.397 e. The second-order valence-electron chi connectivity index (χ2n) is 4.40. The minimum absolute atomic E-state index is 0.0812. The Kier molecular flexibility index (Phi) is 2.71. The van der Waals surface area contributed by atoms with Gasteiger partial charge in [0.15, 0.2) is 0 Å². The molecule has 1 unspecified atom stereocenters. The van der Waals surface area contributed by atoms with Crippen molar-refractivity contribution >= 4 is 11.4 Å². The van der Waals surface area contributed by atoms with Crippen molar-refractivity contribution in [3.8, 4) is 6.07 Å². The zero-order valence-corrected chi connectivity index (χ0v) is 9.29. The molecule has 16 heavy (non-hydrogen) atoms. The van der Waals surface area contributed by atoms with E-state index in [2.05, 4.69) is 18.3 Å². The van der Waals surface area contributed by atoms with Crippen LogP contribution in [0.15, 0.2) is 18.2 Å². The minimum atomic E-state index is -0.0812. The fraction of sp³-hybridized carbons (Fsp3) is 0.417. The van der Waals surface area contributed by atoms with Gasteiger partial charge in [-0.2, -0.15) is 5.26 Å². The van der Waals surface area contributed by atoms with E-state index in [1.165, 1.54) is 0 Å². The summed E-state index contributed by atoms with van der Waals surface area (Å²) in [7, 11) is 0. The Hall–Kier alpha value is -1.73. The molecule has 1 aliphatic heterocycles. The molecule has 3 N–H and O–H groups in total. The lowest BCUT2D eigenvalue weighted by atomic mass is 10.0. The Labute approximate surface area is 95.0 Å². The van der Waals surface area contributed by atoms with E-state index in [9.17, 15) is 0 Å². The third-order valence-corrected chi connectivity index (χ3v) is 2.84. The lowest BCUT2D eigenvalue weighted by molar-refractivity contribution is 0.185. The molecule has 4 nitrogen and oxygen atoms in total. The number of ether oxygens (including phenoxy) is 1. The molecule has 0 spiro atoms. The molecule has 1 saturated heterocycles. The first-order chi connectivity index (χ1) is 7.63. The summed E-state index contributed by atoms with van der Waals surface area (Å²) in [5, 5.41) is 12.2. The highest BCUT2D eigenvalue weighted by Gasteiger charge is 2.29. The van der Waals surface area contributed by atoms with Crippen molar-refractivity contribution in [2.24, 2.45) is 0 Å². The van der Waals surface area contributed by atoms with Crippen molar-refractivity contribution < 1.29 is 4.74 Å². The van der Waals surface area contributed by atoms with Crippen molar-refractivity contribution in [3.63, 3.8) is 0 Å².